The molecule has 0 atom stereocenters. The normalized spacial score (nSPS) is 13.6. The first-order valence-corrected chi connectivity index (χ1v) is 7.19. The predicted molar refractivity (Wildman–Crippen MR) is 79.0 cm³/mol. The molecule has 1 radical (unpaired) electrons. The van der Waals surface area contributed by atoms with Crippen molar-refractivity contribution in [3.63, 3.8) is 0 Å². The Hall–Kier alpha value is -0.520. The average Bonchev–Trinajstić information content (AvgIpc) is 2.19. The highest BCUT2D eigenvalue weighted by molar-refractivity contribution is 5.07. The van der Waals surface area contributed by atoms with E-state index in [0.717, 1.165) is 6.42 Å². The summed E-state index contributed by atoms with van der Waals surface area (Å²) in [5.74, 6) is 0. The summed E-state index contributed by atoms with van der Waals surface area (Å²) in [5.41, 5.74) is 1.82. The number of hydrogen-bond donors (Lipinski definition) is 0. The van der Waals surface area contributed by atoms with Crippen LogP contribution in [0, 0.1) is 11.5 Å². The maximum atomic E-state index is 3.31. The second kappa shape index (κ2) is 9.50. The third-order valence-corrected chi connectivity index (χ3v) is 2.71. The van der Waals surface area contributed by atoms with Crippen molar-refractivity contribution in [3.05, 3.63) is 23.8 Å². The summed E-state index contributed by atoms with van der Waals surface area (Å²) in [6.07, 6.45) is 16.8. The summed E-state index contributed by atoms with van der Waals surface area (Å²) >= 11 is 0. The van der Waals surface area contributed by atoms with Gasteiger partial charge in [-0.15, -0.1) is 0 Å². The van der Waals surface area contributed by atoms with Crippen LogP contribution in [0.15, 0.2) is 17.7 Å². The lowest BCUT2D eigenvalue weighted by Gasteiger charge is -2.17. The molecule has 0 saturated carbocycles. The van der Waals surface area contributed by atoms with Gasteiger partial charge in [0.15, 0.2) is 0 Å². The van der Waals surface area contributed by atoms with Crippen LogP contribution in [-0.4, -0.2) is 0 Å². The van der Waals surface area contributed by atoms with Crippen LogP contribution in [0.3, 0.4) is 0 Å². The number of allylic oxidation sites excluding steroid dienone is 4. The summed E-state index contributed by atoms with van der Waals surface area (Å²) in [7, 11) is 0. The number of hydrogen-bond acceptors (Lipinski definition) is 0. The Morgan fingerprint density at radius 3 is 2.29 bits per heavy atom. The largest absolute Gasteiger partial charge is 0.0767 e. The minimum absolute atomic E-state index is 0.391. The minimum Gasteiger partial charge on any atom is -0.0767 e. The van der Waals surface area contributed by atoms with Gasteiger partial charge in [-0.1, -0.05) is 71.1 Å². The summed E-state index contributed by atoms with van der Waals surface area (Å²) in [6.45, 7) is 11.3. The summed E-state index contributed by atoms with van der Waals surface area (Å²) in [4.78, 5) is 0. The fourth-order valence-electron chi connectivity index (χ4n) is 2.02. The monoisotopic (exact) mass is 235 g/mol. The predicted octanol–water partition coefficient (Wildman–Crippen LogP) is 6.09. The molecule has 0 nitrogen and oxygen atoms in total. The first-order chi connectivity index (χ1) is 7.95. The van der Waals surface area contributed by atoms with E-state index in [2.05, 4.69) is 52.8 Å². The van der Waals surface area contributed by atoms with E-state index < -0.39 is 0 Å². The van der Waals surface area contributed by atoms with Crippen molar-refractivity contribution in [1.29, 1.82) is 0 Å². The molecule has 0 fully saturated rings. The highest BCUT2D eigenvalue weighted by Crippen LogP contribution is 2.23. The first-order valence-electron chi connectivity index (χ1n) is 7.19. The van der Waals surface area contributed by atoms with Crippen molar-refractivity contribution in [2.45, 2.75) is 79.6 Å². The fourth-order valence-corrected chi connectivity index (χ4v) is 2.02. The van der Waals surface area contributed by atoms with E-state index in [-0.39, 0.29) is 0 Å². The molecule has 0 aromatic carbocycles. The van der Waals surface area contributed by atoms with Crippen LogP contribution in [-0.2, 0) is 0 Å². The Balaban J connectivity index is 3.61. The number of unbranched alkanes of at least 4 members (excludes halogenated alkanes) is 5. The van der Waals surface area contributed by atoms with Crippen LogP contribution in [0.1, 0.15) is 79.6 Å². The lowest BCUT2D eigenvalue weighted by Crippen LogP contribution is -2.04. The van der Waals surface area contributed by atoms with Crippen molar-refractivity contribution >= 4 is 0 Å². The van der Waals surface area contributed by atoms with Crippen molar-refractivity contribution in [3.8, 4) is 0 Å². The third kappa shape index (κ3) is 13.4. The Kier molecular flexibility index (Phi) is 9.21. The van der Waals surface area contributed by atoms with Gasteiger partial charge in [0.25, 0.3) is 0 Å². The SMILES string of the molecule is CCCCCCC/C=[C]/C=C(C)CC(C)(C)C. The second-order valence-electron chi connectivity index (χ2n) is 6.30. The third-order valence-electron chi connectivity index (χ3n) is 2.71. The van der Waals surface area contributed by atoms with Gasteiger partial charge < -0.3 is 0 Å². The molecule has 0 aromatic rings. The van der Waals surface area contributed by atoms with E-state index in [1.54, 1.807) is 0 Å². The second-order valence-corrected chi connectivity index (χ2v) is 6.30. The van der Waals surface area contributed by atoms with E-state index in [1.165, 1.54) is 44.1 Å². The molecular formula is C17H31. The van der Waals surface area contributed by atoms with Crippen molar-refractivity contribution < 1.29 is 0 Å². The zero-order valence-electron chi connectivity index (χ0n) is 12.6. The zero-order chi connectivity index (χ0) is 13.1. The molecule has 17 heavy (non-hydrogen) atoms. The summed E-state index contributed by atoms with van der Waals surface area (Å²) in [6, 6.07) is 0. The standard InChI is InChI=1S/C17H31/c1-6-7-8-9-10-11-12-13-14-16(2)15-17(3,4)5/h12,14H,6-11,15H2,1-5H3. The van der Waals surface area contributed by atoms with Crippen LogP contribution < -0.4 is 0 Å². The van der Waals surface area contributed by atoms with Crippen molar-refractivity contribution in [2.75, 3.05) is 0 Å². The molecule has 0 amide bonds. The van der Waals surface area contributed by atoms with E-state index in [1.807, 2.05) is 0 Å². The van der Waals surface area contributed by atoms with E-state index in [4.69, 9.17) is 0 Å². The molecule has 0 rings (SSSR count). The topological polar surface area (TPSA) is 0 Å². The van der Waals surface area contributed by atoms with Gasteiger partial charge in [0.2, 0.25) is 0 Å². The first kappa shape index (κ1) is 16.5. The molecular weight excluding hydrogens is 204 g/mol. The van der Waals surface area contributed by atoms with E-state index in [9.17, 15) is 0 Å². The van der Waals surface area contributed by atoms with Gasteiger partial charge in [-0.2, -0.15) is 0 Å². The molecule has 0 N–H and O–H groups in total. The van der Waals surface area contributed by atoms with Crippen molar-refractivity contribution in [1.82, 2.24) is 0 Å². The molecule has 0 aliphatic carbocycles. The molecule has 0 aromatic heterocycles. The average molecular weight is 235 g/mol. The molecule has 0 unspecified atom stereocenters. The highest BCUT2D eigenvalue weighted by atomic mass is 14.1. The van der Waals surface area contributed by atoms with Gasteiger partial charge in [-0.05, 0) is 37.7 Å². The fraction of sp³-hybridized carbons (Fsp3) is 0.765. The lowest BCUT2D eigenvalue weighted by molar-refractivity contribution is 0.409. The molecule has 0 spiro atoms. The maximum Gasteiger partial charge on any atom is -0.0228 e. The van der Waals surface area contributed by atoms with Crippen LogP contribution in [0.4, 0.5) is 0 Å². The van der Waals surface area contributed by atoms with Gasteiger partial charge in [-0.3, -0.25) is 0 Å². The van der Waals surface area contributed by atoms with Gasteiger partial charge in [0.05, 0.1) is 0 Å². The van der Waals surface area contributed by atoms with E-state index in [0.29, 0.717) is 5.41 Å². The molecule has 0 heteroatoms. The van der Waals surface area contributed by atoms with Crippen LogP contribution in [0.2, 0.25) is 0 Å². The Labute approximate surface area is 109 Å². The smallest absolute Gasteiger partial charge is 0.0228 e. The Morgan fingerprint density at radius 1 is 1.06 bits per heavy atom. The van der Waals surface area contributed by atoms with Crippen LogP contribution in [0.25, 0.3) is 0 Å². The molecule has 99 valence electrons. The zero-order valence-corrected chi connectivity index (χ0v) is 12.6. The van der Waals surface area contributed by atoms with Crippen LogP contribution >= 0.6 is 0 Å². The Bertz CT molecular complexity index is 225. The van der Waals surface area contributed by atoms with Crippen molar-refractivity contribution in [2.24, 2.45) is 5.41 Å². The minimum atomic E-state index is 0.391. The molecule has 0 aliphatic rings. The van der Waals surface area contributed by atoms with Gasteiger partial charge in [0.1, 0.15) is 0 Å². The summed E-state index contributed by atoms with van der Waals surface area (Å²) in [5, 5.41) is 0. The van der Waals surface area contributed by atoms with Gasteiger partial charge >= 0.3 is 0 Å². The van der Waals surface area contributed by atoms with Crippen LogP contribution in [0.5, 0.6) is 0 Å². The quantitative estimate of drug-likeness (QED) is 0.353. The molecule has 0 saturated heterocycles. The highest BCUT2D eigenvalue weighted by Gasteiger charge is 2.09. The van der Waals surface area contributed by atoms with E-state index >= 15 is 0 Å². The molecule has 0 aliphatic heterocycles. The van der Waals surface area contributed by atoms with Gasteiger partial charge in [-0.25, -0.2) is 0 Å². The maximum absolute atomic E-state index is 3.31. The molecule has 0 heterocycles. The molecule has 0 bridgehead atoms. The summed E-state index contributed by atoms with van der Waals surface area (Å²) < 4.78 is 0. The van der Waals surface area contributed by atoms with Gasteiger partial charge in [0, 0.05) is 0 Å². The Morgan fingerprint density at radius 2 is 1.71 bits per heavy atom. The number of rotatable bonds is 8. The lowest BCUT2D eigenvalue weighted by atomic mass is 9.88.